The number of nitrogens with zero attached hydrogens (tertiary/aromatic N) is 1. The summed E-state index contributed by atoms with van der Waals surface area (Å²) >= 11 is 0. The molecule has 0 saturated heterocycles. The van der Waals surface area contributed by atoms with Gasteiger partial charge in [-0.1, -0.05) is 24.3 Å². The monoisotopic (exact) mass is 285 g/mol. The lowest BCUT2D eigenvalue weighted by atomic mass is 10.0. The van der Waals surface area contributed by atoms with Gasteiger partial charge in [0, 0.05) is 18.8 Å². The maximum absolute atomic E-state index is 13.8. The van der Waals surface area contributed by atoms with E-state index in [1.165, 1.54) is 23.3 Å². The van der Waals surface area contributed by atoms with Gasteiger partial charge in [-0.25, -0.2) is 9.18 Å². The summed E-state index contributed by atoms with van der Waals surface area (Å²) in [6.45, 7) is 1.62. The van der Waals surface area contributed by atoms with Crippen molar-refractivity contribution in [3.8, 4) is 0 Å². The fourth-order valence-corrected chi connectivity index (χ4v) is 2.80. The fourth-order valence-electron chi connectivity index (χ4n) is 2.80. The van der Waals surface area contributed by atoms with Gasteiger partial charge < -0.3 is 10.0 Å². The Balaban J connectivity index is 1.83. The van der Waals surface area contributed by atoms with Crippen molar-refractivity contribution in [1.82, 2.24) is 0 Å². The van der Waals surface area contributed by atoms with Gasteiger partial charge in [0.2, 0.25) is 0 Å². The summed E-state index contributed by atoms with van der Waals surface area (Å²) < 4.78 is 13.8. The molecule has 2 aromatic rings. The molecule has 108 valence electrons. The van der Waals surface area contributed by atoms with Gasteiger partial charge in [-0.2, -0.15) is 0 Å². The molecule has 0 saturated carbocycles. The summed E-state index contributed by atoms with van der Waals surface area (Å²) in [7, 11) is 0. The topological polar surface area (TPSA) is 40.5 Å². The van der Waals surface area contributed by atoms with Gasteiger partial charge in [-0.3, -0.25) is 0 Å². The molecule has 1 N–H and O–H groups in total. The molecule has 0 spiro atoms. The lowest BCUT2D eigenvalue weighted by Crippen LogP contribution is -2.26. The lowest BCUT2D eigenvalue weighted by Gasteiger charge is -2.22. The van der Waals surface area contributed by atoms with Gasteiger partial charge >= 0.3 is 5.97 Å². The van der Waals surface area contributed by atoms with Crippen LogP contribution < -0.4 is 4.90 Å². The van der Waals surface area contributed by atoms with Crippen molar-refractivity contribution in [1.29, 1.82) is 0 Å². The zero-order valence-corrected chi connectivity index (χ0v) is 11.6. The minimum Gasteiger partial charge on any atom is -0.478 e. The maximum Gasteiger partial charge on any atom is 0.338 e. The van der Waals surface area contributed by atoms with Gasteiger partial charge in [0.25, 0.3) is 0 Å². The lowest BCUT2D eigenvalue weighted by molar-refractivity contribution is 0.0692. The van der Waals surface area contributed by atoms with E-state index < -0.39 is 11.8 Å². The number of carboxylic acid groups (broad SMARTS) is 1. The summed E-state index contributed by atoms with van der Waals surface area (Å²) in [6.07, 6.45) is 1.83. The Hall–Kier alpha value is -2.36. The summed E-state index contributed by atoms with van der Waals surface area (Å²) in [4.78, 5) is 13.0. The maximum atomic E-state index is 13.8. The summed E-state index contributed by atoms with van der Waals surface area (Å²) in [6, 6.07) is 12.7. The number of fused-ring (bicyclic) bond motifs is 1. The molecule has 0 unspecified atom stereocenters. The van der Waals surface area contributed by atoms with Crippen molar-refractivity contribution in [3.63, 3.8) is 0 Å². The van der Waals surface area contributed by atoms with Crippen LogP contribution in [-0.4, -0.2) is 24.2 Å². The van der Waals surface area contributed by atoms with E-state index in [4.69, 9.17) is 5.11 Å². The van der Waals surface area contributed by atoms with Crippen molar-refractivity contribution < 1.29 is 14.3 Å². The van der Waals surface area contributed by atoms with Crippen molar-refractivity contribution in [2.24, 2.45) is 0 Å². The number of hydrogen-bond donors (Lipinski definition) is 1. The van der Waals surface area contributed by atoms with Gasteiger partial charge in [-0.15, -0.1) is 0 Å². The van der Waals surface area contributed by atoms with Crippen LogP contribution in [0.2, 0.25) is 0 Å². The van der Waals surface area contributed by atoms with E-state index in [0.717, 1.165) is 31.6 Å². The first-order chi connectivity index (χ1) is 10.1. The molecule has 0 bridgehead atoms. The Kier molecular flexibility index (Phi) is 3.60. The van der Waals surface area contributed by atoms with Crippen LogP contribution in [0.1, 0.15) is 21.5 Å². The van der Waals surface area contributed by atoms with Crippen LogP contribution in [0.3, 0.4) is 0 Å². The molecule has 4 heteroatoms. The highest BCUT2D eigenvalue weighted by Crippen LogP contribution is 2.23. The predicted molar refractivity (Wildman–Crippen MR) is 79.4 cm³/mol. The average Bonchev–Trinajstić information content (AvgIpc) is 2.69. The SMILES string of the molecule is O=C(O)c1ccc(N2CCc3ccccc3CC2)cc1F. The molecule has 3 nitrogen and oxygen atoms in total. The first kappa shape index (κ1) is 13.6. The molecule has 0 aromatic heterocycles. The van der Waals surface area contributed by atoms with Crippen LogP contribution in [0.25, 0.3) is 0 Å². The molecule has 1 aliphatic rings. The smallest absolute Gasteiger partial charge is 0.338 e. The van der Waals surface area contributed by atoms with Crippen LogP contribution in [0, 0.1) is 5.82 Å². The molecule has 21 heavy (non-hydrogen) atoms. The molecule has 2 aromatic carbocycles. The van der Waals surface area contributed by atoms with Crippen LogP contribution >= 0.6 is 0 Å². The average molecular weight is 285 g/mol. The summed E-state index contributed by atoms with van der Waals surface area (Å²) in [5, 5.41) is 8.88. The number of carboxylic acids is 1. The highest BCUT2D eigenvalue weighted by Gasteiger charge is 2.16. The Morgan fingerprint density at radius 2 is 1.67 bits per heavy atom. The largest absolute Gasteiger partial charge is 0.478 e. The van der Waals surface area contributed by atoms with Gasteiger partial charge in [-0.05, 0) is 42.2 Å². The number of anilines is 1. The van der Waals surface area contributed by atoms with E-state index >= 15 is 0 Å². The zero-order valence-electron chi connectivity index (χ0n) is 11.6. The number of aromatic carboxylic acids is 1. The molecule has 0 atom stereocenters. The van der Waals surface area contributed by atoms with Gasteiger partial charge in [0.15, 0.2) is 0 Å². The second kappa shape index (κ2) is 5.56. The number of hydrogen-bond acceptors (Lipinski definition) is 2. The standard InChI is InChI=1S/C17H16FNO2/c18-16-11-14(5-6-15(16)17(20)21)19-9-7-12-3-1-2-4-13(12)8-10-19/h1-6,11H,7-10H2,(H,20,21). The van der Waals surface area contributed by atoms with E-state index in [1.807, 2.05) is 12.1 Å². The second-order valence-corrected chi connectivity index (χ2v) is 5.23. The molecule has 3 rings (SSSR count). The Bertz CT molecular complexity index is 657. The van der Waals surface area contributed by atoms with Crippen LogP contribution in [0.15, 0.2) is 42.5 Å². The Morgan fingerprint density at radius 3 is 2.19 bits per heavy atom. The summed E-state index contributed by atoms with van der Waals surface area (Å²) in [5.41, 5.74) is 3.13. The Morgan fingerprint density at radius 1 is 1.05 bits per heavy atom. The van der Waals surface area contributed by atoms with E-state index in [2.05, 4.69) is 17.0 Å². The third kappa shape index (κ3) is 2.75. The predicted octanol–water partition coefficient (Wildman–Crippen LogP) is 3.13. The van der Waals surface area contributed by atoms with Gasteiger partial charge in [0.1, 0.15) is 5.82 Å². The van der Waals surface area contributed by atoms with E-state index in [-0.39, 0.29) is 5.56 Å². The first-order valence-electron chi connectivity index (χ1n) is 7.00. The first-order valence-corrected chi connectivity index (χ1v) is 7.00. The second-order valence-electron chi connectivity index (χ2n) is 5.23. The van der Waals surface area contributed by atoms with E-state index in [9.17, 15) is 9.18 Å². The highest BCUT2D eigenvalue weighted by molar-refractivity contribution is 5.88. The van der Waals surface area contributed by atoms with Crippen LogP contribution in [-0.2, 0) is 12.8 Å². The van der Waals surface area contributed by atoms with Crippen molar-refractivity contribution in [2.45, 2.75) is 12.8 Å². The van der Waals surface area contributed by atoms with Crippen LogP contribution in [0.4, 0.5) is 10.1 Å². The molecule has 0 amide bonds. The molecular weight excluding hydrogens is 269 g/mol. The number of rotatable bonds is 2. The van der Waals surface area contributed by atoms with Crippen molar-refractivity contribution in [3.05, 3.63) is 65.0 Å². The molecule has 1 aliphatic heterocycles. The van der Waals surface area contributed by atoms with Crippen LogP contribution in [0.5, 0.6) is 0 Å². The number of halogens is 1. The van der Waals surface area contributed by atoms with Crippen molar-refractivity contribution >= 4 is 11.7 Å². The third-order valence-corrected chi connectivity index (χ3v) is 3.97. The number of carbonyl (C=O) groups is 1. The Labute approximate surface area is 122 Å². The zero-order chi connectivity index (χ0) is 14.8. The molecule has 1 heterocycles. The highest BCUT2D eigenvalue weighted by atomic mass is 19.1. The minimum absolute atomic E-state index is 0.281. The van der Waals surface area contributed by atoms with Gasteiger partial charge in [0.05, 0.1) is 5.56 Å². The normalized spacial score (nSPS) is 14.4. The molecule has 0 aliphatic carbocycles. The molecule has 0 fully saturated rings. The third-order valence-electron chi connectivity index (χ3n) is 3.97. The van der Waals surface area contributed by atoms with Crippen molar-refractivity contribution in [2.75, 3.05) is 18.0 Å². The molecule has 0 radical (unpaired) electrons. The van der Waals surface area contributed by atoms with E-state index in [0.29, 0.717) is 0 Å². The fraction of sp³-hybridized carbons (Fsp3) is 0.235. The minimum atomic E-state index is -1.23. The summed E-state index contributed by atoms with van der Waals surface area (Å²) in [5.74, 6) is -1.91. The number of benzene rings is 2. The molecular formula is C17H16FNO2. The van der Waals surface area contributed by atoms with E-state index in [1.54, 1.807) is 6.07 Å². The quantitative estimate of drug-likeness (QED) is 0.921.